The molecule has 78 valence electrons. The lowest BCUT2D eigenvalue weighted by molar-refractivity contribution is 0.151. The van der Waals surface area contributed by atoms with Crippen LogP contribution >= 0.6 is 12.6 Å². The molecule has 2 aliphatic heterocycles. The van der Waals surface area contributed by atoms with Crippen molar-refractivity contribution < 1.29 is 9.59 Å². The molecule has 0 aromatic heterocycles. The highest BCUT2D eigenvalue weighted by Gasteiger charge is 2.54. The Morgan fingerprint density at radius 2 is 2.21 bits per heavy atom. The summed E-state index contributed by atoms with van der Waals surface area (Å²) in [6.45, 7) is 2.31. The van der Waals surface area contributed by atoms with Crippen molar-refractivity contribution in [1.29, 1.82) is 0 Å². The Morgan fingerprint density at radius 1 is 1.50 bits per heavy atom. The highest BCUT2D eigenvalue weighted by atomic mass is 32.1. The van der Waals surface area contributed by atoms with Crippen molar-refractivity contribution in [3.8, 4) is 0 Å². The molecule has 2 saturated heterocycles. The molecule has 0 spiro atoms. The number of nitrogens with one attached hydrogen (secondary N) is 3. The minimum Gasteiger partial charge on any atom is -0.314 e. The van der Waals surface area contributed by atoms with E-state index in [2.05, 4.69) is 28.6 Å². The molecule has 0 radical (unpaired) electrons. The number of nitrogens with zero attached hydrogens (tertiary/aromatic N) is 1. The average Bonchev–Trinajstić information content (AvgIpc) is 2.47. The van der Waals surface area contributed by atoms with E-state index in [9.17, 15) is 9.59 Å². The number of hydrogen-bond donors (Lipinski definition) is 4. The SMILES string of the molecule is CC12NC(=O)NC1NC(=O)N2CCS. The third kappa shape index (κ3) is 1.12. The van der Waals surface area contributed by atoms with Gasteiger partial charge in [-0.1, -0.05) is 0 Å². The van der Waals surface area contributed by atoms with E-state index in [-0.39, 0.29) is 18.2 Å². The Kier molecular flexibility index (Phi) is 1.99. The largest absolute Gasteiger partial charge is 0.321 e. The highest BCUT2D eigenvalue weighted by Crippen LogP contribution is 2.25. The van der Waals surface area contributed by atoms with Gasteiger partial charge in [-0.25, -0.2) is 9.59 Å². The van der Waals surface area contributed by atoms with Gasteiger partial charge in [0.2, 0.25) is 0 Å². The zero-order chi connectivity index (χ0) is 10.3. The van der Waals surface area contributed by atoms with Crippen LogP contribution in [0.15, 0.2) is 0 Å². The summed E-state index contributed by atoms with van der Waals surface area (Å²) in [5.74, 6) is 0.561. The van der Waals surface area contributed by atoms with Crippen molar-refractivity contribution in [2.45, 2.75) is 18.8 Å². The molecule has 2 heterocycles. The van der Waals surface area contributed by atoms with Crippen LogP contribution in [0.25, 0.3) is 0 Å². The van der Waals surface area contributed by atoms with Gasteiger partial charge in [0, 0.05) is 12.3 Å². The first kappa shape index (κ1) is 9.45. The molecule has 14 heavy (non-hydrogen) atoms. The van der Waals surface area contributed by atoms with Crippen LogP contribution in [0, 0.1) is 0 Å². The van der Waals surface area contributed by atoms with Crippen LogP contribution in [0.2, 0.25) is 0 Å². The van der Waals surface area contributed by atoms with Gasteiger partial charge in [0.05, 0.1) is 0 Å². The summed E-state index contributed by atoms with van der Waals surface area (Å²) in [5, 5.41) is 8.02. The lowest BCUT2D eigenvalue weighted by atomic mass is 10.1. The summed E-state index contributed by atoms with van der Waals surface area (Å²) in [6.07, 6.45) is -0.359. The molecule has 2 atom stereocenters. The zero-order valence-electron chi connectivity index (χ0n) is 7.70. The summed E-state index contributed by atoms with van der Waals surface area (Å²) >= 11 is 4.07. The fraction of sp³-hybridized carbons (Fsp3) is 0.714. The van der Waals surface area contributed by atoms with E-state index in [1.807, 2.05) is 0 Å². The molecular weight excluding hydrogens is 204 g/mol. The highest BCUT2D eigenvalue weighted by molar-refractivity contribution is 7.80. The molecule has 2 aliphatic rings. The first-order chi connectivity index (χ1) is 6.58. The third-order valence-electron chi connectivity index (χ3n) is 2.60. The predicted octanol–water partition coefficient (Wildman–Crippen LogP) is -0.703. The van der Waals surface area contributed by atoms with Gasteiger partial charge in [-0.3, -0.25) is 4.90 Å². The van der Waals surface area contributed by atoms with Crippen LogP contribution in [0.5, 0.6) is 0 Å². The second kappa shape index (κ2) is 2.94. The van der Waals surface area contributed by atoms with E-state index in [4.69, 9.17) is 0 Å². The first-order valence-corrected chi connectivity index (χ1v) is 4.99. The summed E-state index contributed by atoms with van der Waals surface area (Å²) in [4.78, 5) is 24.2. The summed E-state index contributed by atoms with van der Waals surface area (Å²) in [6, 6.07) is -0.444. The molecule has 2 rings (SSSR count). The first-order valence-electron chi connectivity index (χ1n) is 4.35. The van der Waals surface area contributed by atoms with Gasteiger partial charge in [0.15, 0.2) is 5.66 Å². The molecule has 2 fully saturated rings. The molecular formula is C7H12N4O2S. The quantitative estimate of drug-likeness (QED) is 0.461. The number of thiol groups is 1. The standard InChI is InChI=1S/C7H12N4O2S/c1-7-4(8-5(12)10-7)9-6(13)11(7)2-3-14/h4,14H,2-3H2,1H3,(H,9,13)(H2,8,10,12). The number of fused-ring (bicyclic) bond motifs is 1. The van der Waals surface area contributed by atoms with E-state index in [0.717, 1.165) is 0 Å². The van der Waals surface area contributed by atoms with Gasteiger partial charge in [-0.15, -0.1) is 0 Å². The molecule has 2 unspecified atom stereocenters. The minimum absolute atomic E-state index is 0.181. The van der Waals surface area contributed by atoms with Crippen LogP contribution in [-0.4, -0.2) is 41.1 Å². The van der Waals surface area contributed by atoms with E-state index in [0.29, 0.717) is 12.3 Å². The van der Waals surface area contributed by atoms with Gasteiger partial charge in [0.25, 0.3) is 0 Å². The Morgan fingerprint density at radius 3 is 2.86 bits per heavy atom. The van der Waals surface area contributed by atoms with Crippen molar-refractivity contribution in [3.63, 3.8) is 0 Å². The Hall–Kier alpha value is -1.11. The number of urea groups is 2. The van der Waals surface area contributed by atoms with E-state index < -0.39 is 5.66 Å². The average molecular weight is 216 g/mol. The summed E-state index contributed by atoms with van der Waals surface area (Å²) in [7, 11) is 0. The predicted molar refractivity (Wildman–Crippen MR) is 53.0 cm³/mol. The van der Waals surface area contributed by atoms with Crippen molar-refractivity contribution in [3.05, 3.63) is 0 Å². The van der Waals surface area contributed by atoms with Crippen molar-refractivity contribution in [2.24, 2.45) is 0 Å². The second-order valence-corrected chi connectivity index (χ2v) is 3.95. The summed E-state index contributed by atoms with van der Waals surface area (Å²) < 4.78 is 0. The molecule has 7 heteroatoms. The summed E-state index contributed by atoms with van der Waals surface area (Å²) in [5.41, 5.74) is -0.670. The third-order valence-corrected chi connectivity index (χ3v) is 2.80. The van der Waals surface area contributed by atoms with E-state index in [1.165, 1.54) is 0 Å². The van der Waals surface area contributed by atoms with Gasteiger partial charge in [-0.05, 0) is 6.92 Å². The van der Waals surface area contributed by atoms with Crippen LogP contribution in [-0.2, 0) is 0 Å². The van der Waals surface area contributed by atoms with Gasteiger partial charge in [0.1, 0.15) is 6.17 Å². The fourth-order valence-electron chi connectivity index (χ4n) is 1.86. The number of hydrogen-bond acceptors (Lipinski definition) is 3. The Bertz CT molecular complexity index is 297. The number of carbonyl (C=O) groups excluding carboxylic acids is 2. The smallest absolute Gasteiger partial charge is 0.314 e. The Balaban J connectivity index is 2.24. The van der Waals surface area contributed by atoms with Crippen LogP contribution in [0.4, 0.5) is 9.59 Å². The number of amides is 4. The van der Waals surface area contributed by atoms with Gasteiger partial charge >= 0.3 is 12.1 Å². The molecule has 0 aromatic rings. The maximum absolute atomic E-state index is 11.5. The second-order valence-electron chi connectivity index (χ2n) is 3.50. The lowest BCUT2D eigenvalue weighted by Gasteiger charge is -2.31. The monoisotopic (exact) mass is 216 g/mol. The topological polar surface area (TPSA) is 73.5 Å². The fourth-order valence-corrected chi connectivity index (χ4v) is 2.06. The normalized spacial score (nSPS) is 35.0. The molecule has 6 nitrogen and oxygen atoms in total. The lowest BCUT2D eigenvalue weighted by Crippen LogP contribution is -2.56. The van der Waals surface area contributed by atoms with Gasteiger partial charge in [-0.2, -0.15) is 12.6 Å². The maximum atomic E-state index is 11.5. The van der Waals surface area contributed by atoms with Crippen LogP contribution in [0.3, 0.4) is 0 Å². The zero-order valence-corrected chi connectivity index (χ0v) is 8.60. The number of carbonyl (C=O) groups is 2. The molecule has 0 aliphatic carbocycles. The molecule has 0 saturated carbocycles. The van der Waals surface area contributed by atoms with Crippen LogP contribution in [0.1, 0.15) is 6.92 Å². The van der Waals surface area contributed by atoms with E-state index >= 15 is 0 Å². The maximum Gasteiger partial charge on any atom is 0.321 e. The number of rotatable bonds is 2. The van der Waals surface area contributed by atoms with Crippen molar-refractivity contribution in [1.82, 2.24) is 20.9 Å². The van der Waals surface area contributed by atoms with Crippen molar-refractivity contribution in [2.75, 3.05) is 12.3 Å². The van der Waals surface area contributed by atoms with Crippen LogP contribution < -0.4 is 16.0 Å². The Labute approximate surface area is 86.8 Å². The van der Waals surface area contributed by atoms with Crippen molar-refractivity contribution >= 4 is 24.7 Å². The minimum atomic E-state index is -0.670. The van der Waals surface area contributed by atoms with E-state index in [1.54, 1.807) is 11.8 Å². The molecule has 4 amide bonds. The molecule has 3 N–H and O–H groups in total. The molecule has 0 aromatic carbocycles. The van der Waals surface area contributed by atoms with Gasteiger partial charge < -0.3 is 16.0 Å². The molecule has 0 bridgehead atoms.